The molecule has 1 aromatic heterocycles. The van der Waals surface area contributed by atoms with Crippen LogP contribution in [0.1, 0.15) is 43.9 Å². The van der Waals surface area contributed by atoms with E-state index >= 15 is 0 Å². The van der Waals surface area contributed by atoms with Gasteiger partial charge in [0.1, 0.15) is 6.10 Å². The van der Waals surface area contributed by atoms with Crippen LogP contribution in [0.2, 0.25) is 0 Å². The van der Waals surface area contributed by atoms with E-state index in [-0.39, 0.29) is 11.5 Å². The molecule has 1 saturated carbocycles. The second kappa shape index (κ2) is 4.82. The Hall–Kier alpha value is -1.39. The molecule has 1 aliphatic heterocycles. The van der Waals surface area contributed by atoms with Gasteiger partial charge in [-0.15, -0.1) is 0 Å². The van der Waals surface area contributed by atoms with Gasteiger partial charge in [0.25, 0.3) is 0 Å². The van der Waals surface area contributed by atoms with Crippen molar-refractivity contribution in [1.82, 2.24) is 9.78 Å². The van der Waals surface area contributed by atoms with E-state index in [0.717, 1.165) is 48.9 Å². The number of aromatic nitrogens is 2. The number of benzene rings is 1. The molecule has 0 bridgehead atoms. The lowest BCUT2D eigenvalue weighted by molar-refractivity contribution is -0.157. The highest BCUT2D eigenvalue weighted by atomic mass is 16.5. The first-order valence-corrected chi connectivity index (χ1v) is 7.92. The van der Waals surface area contributed by atoms with Gasteiger partial charge in [-0.1, -0.05) is 18.2 Å². The van der Waals surface area contributed by atoms with Crippen molar-refractivity contribution in [3.05, 3.63) is 30.0 Å². The van der Waals surface area contributed by atoms with Gasteiger partial charge in [0.2, 0.25) is 0 Å². The quantitative estimate of drug-likeness (QED) is 0.923. The number of hydrogen-bond acceptors (Lipinski definition) is 3. The molecule has 1 aromatic carbocycles. The third-order valence-electron chi connectivity index (χ3n) is 5.31. The fourth-order valence-corrected chi connectivity index (χ4v) is 3.94. The molecule has 2 aromatic rings. The van der Waals surface area contributed by atoms with Crippen molar-refractivity contribution >= 4 is 10.9 Å². The molecule has 21 heavy (non-hydrogen) atoms. The Bertz CT molecular complexity index is 660. The maximum atomic E-state index is 10.9. The molecule has 0 amide bonds. The zero-order valence-corrected chi connectivity index (χ0v) is 12.5. The summed E-state index contributed by atoms with van der Waals surface area (Å²) in [4.78, 5) is 0. The van der Waals surface area contributed by atoms with Gasteiger partial charge in [0.15, 0.2) is 0 Å². The van der Waals surface area contributed by atoms with Crippen LogP contribution in [-0.2, 0) is 11.8 Å². The molecular formula is C17H22N2O2. The van der Waals surface area contributed by atoms with Crippen LogP contribution in [0, 0.1) is 5.92 Å². The normalized spacial score (nSPS) is 25.9. The Morgan fingerprint density at radius 2 is 2.19 bits per heavy atom. The van der Waals surface area contributed by atoms with Gasteiger partial charge in [-0.25, -0.2) is 0 Å². The van der Waals surface area contributed by atoms with Gasteiger partial charge in [0.05, 0.1) is 16.8 Å². The molecule has 1 saturated heterocycles. The summed E-state index contributed by atoms with van der Waals surface area (Å²) >= 11 is 0. The first-order chi connectivity index (χ1) is 10.2. The van der Waals surface area contributed by atoms with E-state index < -0.39 is 6.10 Å². The summed E-state index contributed by atoms with van der Waals surface area (Å²) < 4.78 is 7.84. The third-order valence-corrected chi connectivity index (χ3v) is 5.31. The number of aliphatic hydroxyl groups is 1. The molecule has 2 atom stereocenters. The molecule has 2 aliphatic rings. The second-order valence-electron chi connectivity index (χ2n) is 6.61. The Labute approximate surface area is 124 Å². The number of aliphatic hydroxyl groups excluding tert-OH is 1. The van der Waals surface area contributed by atoms with Crippen molar-refractivity contribution in [2.75, 3.05) is 6.61 Å². The lowest BCUT2D eigenvalue weighted by Crippen LogP contribution is -2.46. The van der Waals surface area contributed by atoms with Crippen molar-refractivity contribution in [3.8, 4) is 0 Å². The van der Waals surface area contributed by atoms with Gasteiger partial charge in [-0.05, 0) is 44.1 Å². The van der Waals surface area contributed by atoms with Crippen molar-refractivity contribution in [3.63, 3.8) is 0 Å². The van der Waals surface area contributed by atoms with Gasteiger partial charge in [0, 0.05) is 19.0 Å². The summed E-state index contributed by atoms with van der Waals surface area (Å²) in [5.41, 5.74) is 1.97. The van der Waals surface area contributed by atoms with Crippen LogP contribution in [-0.4, -0.2) is 27.1 Å². The number of para-hydroxylation sites is 1. The summed E-state index contributed by atoms with van der Waals surface area (Å²) in [6.07, 6.45) is 4.97. The van der Waals surface area contributed by atoms with Crippen LogP contribution in [0.4, 0.5) is 0 Å². The van der Waals surface area contributed by atoms with Crippen LogP contribution in [0.3, 0.4) is 0 Å². The second-order valence-corrected chi connectivity index (χ2v) is 6.61. The first kappa shape index (κ1) is 13.3. The van der Waals surface area contributed by atoms with Crippen LogP contribution in [0.5, 0.6) is 0 Å². The number of rotatable bonds is 2. The Balaban J connectivity index is 1.65. The predicted octanol–water partition coefficient (Wildman–Crippen LogP) is 2.96. The smallest absolute Gasteiger partial charge is 0.101 e. The van der Waals surface area contributed by atoms with E-state index in [1.807, 2.05) is 23.9 Å². The van der Waals surface area contributed by atoms with Crippen LogP contribution in [0.15, 0.2) is 24.3 Å². The fourth-order valence-electron chi connectivity index (χ4n) is 3.94. The van der Waals surface area contributed by atoms with Gasteiger partial charge in [-0.3, -0.25) is 4.68 Å². The molecule has 4 rings (SSSR count). The minimum Gasteiger partial charge on any atom is -0.386 e. The minimum absolute atomic E-state index is 0.0640. The Morgan fingerprint density at radius 1 is 1.38 bits per heavy atom. The standard InChI is InChI=1S/C17H22N2O2/c1-19-14-6-3-2-5-13(14)15(18-19)16(20)12-7-10-21-17(11-12)8-4-9-17/h2-3,5-6,12,16,20H,4,7-11H2,1H3. The SMILES string of the molecule is Cn1nc(C(O)C2CCOC3(CCC3)C2)c2ccccc21. The van der Waals surface area contributed by atoms with Gasteiger partial charge in [-0.2, -0.15) is 5.10 Å². The van der Waals surface area contributed by atoms with Crippen molar-refractivity contribution < 1.29 is 9.84 Å². The van der Waals surface area contributed by atoms with E-state index in [2.05, 4.69) is 17.2 Å². The van der Waals surface area contributed by atoms with Crippen LogP contribution in [0.25, 0.3) is 10.9 Å². The minimum atomic E-state index is -0.488. The summed E-state index contributed by atoms with van der Waals surface area (Å²) in [5, 5.41) is 16.5. The largest absolute Gasteiger partial charge is 0.386 e. The maximum Gasteiger partial charge on any atom is 0.101 e. The molecule has 1 aliphatic carbocycles. The lowest BCUT2D eigenvalue weighted by atomic mass is 9.70. The molecule has 0 radical (unpaired) electrons. The highest BCUT2D eigenvalue weighted by molar-refractivity contribution is 5.82. The number of ether oxygens (including phenoxy) is 1. The average Bonchev–Trinajstić information content (AvgIpc) is 2.83. The summed E-state index contributed by atoms with van der Waals surface area (Å²) in [6, 6.07) is 8.13. The summed E-state index contributed by atoms with van der Waals surface area (Å²) in [6.45, 7) is 0.770. The highest BCUT2D eigenvalue weighted by Gasteiger charge is 2.44. The monoisotopic (exact) mass is 286 g/mol. The van der Waals surface area contributed by atoms with Crippen molar-refractivity contribution in [1.29, 1.82) is 0 Å². The van der Waals surface area contributed by atoms with Gasteiger partial charge >= 0.3 is 0 Å². The number of nitrogens with zero attached hydrogens (tertiary/aromatic N) is 2. The molecule has 1 spiro atoms. The van der Waals surface area contributed by atoms with Crippen LogP contribution < -0.4 is 0 Å². The topological polar surface area (TPSA) is 47.3 Å². The highest BCUT2D eigenvalue weighted by Crippen LogP contribution is 2.47. The fraction of sp³-hybridized carbons (Fsp3) is 0.588. The Kier molecular flexibility index (Phi) is 3.05. The zero-order chi connectivity index (χ0) is 14.4. The molecule has 4 heteroatoms. The van der Waals surface area contributed by atoms with E-state index in [4.69, 9.17) is 4.74 Å². The third kappa shape index (κ3) is 2.09. The Morgan fingerprint density at radius 3 is 2.95 bits per heavy atom. The van der Waals surface area contributed by atoms with Crippen LogP contribution >= 0.6 is 0 Å². The van der Waals surface area contributed by atoms with E-state index in [1.54, 1.807) is 0 Å². The number of aryl methyl sites for hydroxylation is 1. The molecule has 1 N–H and O–H groups in total. The molecule has 2 unspecified atom stereocenters. The lowest BCUT2D eigenvalue weighted by Gasteiger charge is -2.48. The van der Waals surface area contributed by atoms with Gasteiger partial charge < -0.3 is 9.84 Å². The van der Waals surface area contributed by atoms with E-state index in [1.165, 1.54) is 6.42 Å². The molecule has 2 heterocycles. The first-order valence-electron chi connectivity index (χ1n) is 7.92. The van der Waals surface area contributed by atoms with E-state index in [9.17, 15) is 5.11 Å². The summed E-state index contributed by atoms with van der Waals surface area (Å²) in [5.74, 6) is 0.261. The maximum absolute atomic E-state index is 10.9. The molecule has 112 valence electrons. The predicted molar refractivity (Wildman–Crippen MR) is 80.9 cm³/mol. The van der Waals surface area contributed by atoms with Crippen molar-refractivity contribution in [2.45, 2.75) is 43.8 Å². The molecular weight excluding hydrogens is 264 g/mol. The molecule has 2 fully saturated rings. The van der Waals surface area contributed by atoms with E-state index in [0.29, 0.717) is 0 Å². The number of hydrogen-bond donors (Lipinski definition) is 1. The summed E-state index contributed by atoms with van der Waals surface area (Å²) in [7, 11) is 1.94. The average molecular weight is 286 g/mol. The molecule has 4 nitrogen and oxygen atoms in total. The zero-order valence-electron chi connectivity index (χ0n) is 12.5. The van der Waals surface area contributed by atoms with Crippen molar-refractivity contribution in [2.24, 2.45) is 13.0 Å². The number of fused-ring (bicyclic) bond motifs is 1.